The molecule has 1 heterocycles. The van der Waals surface area contributed by atoms with Crippen molar-refractivity contribution in [1.29, 1.82) is 0 Å². The third-order valence-corrected chi connectivity index (χ3v) is 5.37. The van der Waals surface area contributed by atoms with Crippen LogP contribution in [0.15, 0.2) is 24.3 Å². The highest BCUT2D eigenvalue weighted by atomic mass is 16.5. The third kappa shape index (κ3) is 3.42. The van der Waals surface area contributed by atoms with Gasteiger partial charge in [-0.3, -0.25) is 0 Å². The Hall–Kier alpha value is -1.02. The first-order valence-corrected chi connectivity index (χ1v) is 8.73. The largest absolute Gasteiger partial charge is 0.493 e. The molecule has 1 fully saturated rings. The third-order valence-electron chi connectivity index (χ3n) is 5.37. The topological polar surface area (TPSA) is 21.3 Å². The monoisotopic (exact) mass is 287 g/mol. The predicted molar refractivity (Wildman–Crippen MR) is 87.6 cm³/mol. The van der Waals surface area contributed by atoms with Gasteiger partial charge in [-0.15, -0.1) is 0 Å². The molecule has 1 aliphatic carbocycles. The summed E-state index contributed by atoms with van der Waals surface area (Å²) in [5.74, 6) is 2.45. The van der Waals surface area contributed by atoms with Crippen LogP contribution in [0.5, 0.6) is 5.75 Å². The molecule has 0 aromatic heterocycles. The van der Waals surface area contributed by atoms with Crippen molar-refractivity contribution >= 4 is 0 Å². The van der Waals surface area contributed by atoms with E-state index in [2.05, 4.69) is 43.4 Å². The lowest BCUT2D eigenvalue weighted by Gasteiger charge is -2.36. The lowest BCUT2D eigenvalue weighted by atomic mass is 9.88. The van der Waals surface area contributed by atoms with E-state index in [1.54, 1.807) is 0 Å². The molecule has 2 heteroatoms. The summed E-state index contributed by atoms with van der Waals surface area (Å²) in [4.78, 5) is 0. The van der Waals surface area contributed by atoms with Gasteiger partial charge in [0.25, 0.3) is 0 Å². The van der Waals surface area contributed by atoms with Crippen molar-refractivity contribution in [1.82, 2.24) is 5.32 Å². The minimum Gasteiger partial charge on any atom is -0.493 e. The summed E-state index contributed by atoms with van der Waals surface area (Å²) >= 11 is 0. The van der Waals surface area contributed by atoms with Crippen molar-refractivity contribution in [3.8, 4) is 5.75 Å². The molecular weight excluding hydrogens is 258 g/mol. The Morgan fingerprint density at radius 3 is 2.57 bits per heavy atom. The number of nitrogens with one attached hydrogen (secondary N) is 1. The lowest BCUT2D eigenvalue weighted by molar-refractivity contribution is 0.170. The van der Waals surface area contributed by atoms with E-state index in [0.29, 0.717) is 18.0 Å². The second-order valence-electron chi connectivity index (χ2n) is 7.01. The number of benzene rings is 1. The number of hydrogen-bond acceptors (Lipinski definition) is 2. The molecule has 3 atom stereocenters. The Morgan fingerprint density at radius 1 is 1.10 bits per heavy atom. The average Bonchev–Trinajstić information content (AvgIpc) is 2.79. The molecule has 1 N–H and O–H groups in total. The summed E-state index contributed by atoms with van der Waals surface area (Å²) in [6.45, 7) is 5.51. The van der Waals surface area contributed by atoms with Crippen LogP contribution >= 0.6 is 0 Å². The van der Waals surface area contributed by atoms with Crippen LogP contribution in [0.1, 0.15) is 64.0 Å². The van der Waals surface area contributed by atoms with Crippen molar-refractivity contribution in [3.63, 3.8) is 0 Å². The molecule has 1 aromatic carbocycles. The van der Waals surface area contributed by atoms with E-state index < -0.39 is 0 Å². The van der Waals surface area contributed by atoms with Crippen molar-refractivity contribution in [3.05, 3.63) is 29.8 Å². The van der Waals surface area contributed by atoms with E-state index in [1.165, 1.54) is 44.1 Å². The number of para-hydroxylation sites is 1. The molecule has 1 aromatic rings. The zero-order valence-corrected chi connectivity index (χ0v) is 13.5. The molecule has 21 heavy (non-hydrogen) atoms. The van der Waals surface area contributed by atoms with Crippen LogP contribution in [0.2, 0.25) is 0 Å². The normalized spacial score (nSPS) is 28.3. The highest BCUT2D eigenvalue weighted by Gasteiger charge is 2.30. The maximum Gasteiger partial charge on any atom is 0.124 e. The first-order chi connectivity index (χ1) is 10.3. The van der Waals surface area contributed by atoms with Gasteiger partial charge in [0.05, 0.1) is 6.61 Å². The van der Waals surface area contributed by atoms with Gasteiger partial charge in [0, 0.05) is 23.6 Å². The standard InChI is InChI=1S/C19H29NO/c1-14-13-21-18-12-8-7-11-17(18)19(14)20-15(2)16-9-5-3-4-6-10-16/h7-8,11-12,14-16,19-20H,3-6,9-10,13H2,1-2H3/t14?,15-,19?/m1/s1. The first-order valence-electron chi connectivity index (χ1n) is 8.73. The van der Waals surface area contributed by atoms with Crippen LogP contribution < -0.4 is 10.1 Å². The minimum atomic E-state index is 0.438. The van der Waals surface area contributed by atoms with Crippen molar-refractivity contribution in [2.45, 2.75) is 64.5 Å². The summed E-state index contributed by atoms with van der Waals surface area (Å²) in [6, 6.07) is 9.57. The van der Waals surface area contributed by atoms with E-state index in [4.69, 9.17) is 4.74 Å². The number of rotatable bonds is 3. The van der Waals surface area contributed by atoms with Crippen molar-refractivity contribution in [2.24, 2.45) is 11.8 Å². The van der Waals surface area contributed by atoms with Gasteiger partial charge in [0.15, 0.2) is 0 Å². The molecule has 3 rings (SSSR count). The fraction of sp³-hybridized carbons (Fsp3) is 0.684. The second kappa shape index (κ2) is 6.83. The van der Waals surface area contributed by atoms with Gasteiger partial charge in [-0.2, -0.15) is 0 Å². The fourth-order valence-electron chi connectivity index (χ4n) is 3.98. The molecule has 0 amide bonds. The van der Waals surface area contributed by atoms with Crippen LogP contribution in [0.3, 0.4) is 0 Å². The van der Waals surface area contributed by atoms with Crippen LogP contribution in [0, 0.1) is 11.8 Å². The predicted octanol–water partition coefficient (Wildman–Crippen LogP) is 4.70. The molecule has 1 aliphatic heterocycles. The van der Waals surface area contributed by atoms with E-state index in [-0.39, 0.29) is 0 Å². The Balaban J connectivity index is 1.71. The van der Waals surface area contributed by atoms with Crippen molar-refractivity contribution in [2.75, 3.05) is 6.61 Å². The average molecular weight is 287 g/mol. The van der Waals surface area contributed by atoms with E-state index in [1.807, 2.05) is 0 Å². The Labute approximate surface area is 129 Å². The van der Waals surface area contributed by atoms with Gasteiger partial charge < -0.3 is 10.1 Å². The van der Waals surface area contributed by atoms with Gasteiger partial charge in [-0.1, -0.05) is 50.8 Å². The molecule has 0 spiro atoms. The SMILES string of the molecule is CC1COc2ccccc2C1N[C@H](C)C1CCCCCC1. The highest BCUT2D eigenvalue weighted by Crippen LogP contribution is 2.36. The highest BCUT2D eigenvalue weighted by molar-refractivity contribution is 5.38. The summed E-state index contributed by atoms with van der Waals surface area (Å²) in [7, 11) is 0. The molecule has 0 bridgehead atoms. The van der Waals surface area contributed by atoms with E-state index in [9.17, 15) is 0 Å². The molecule has 0 radical (unpaired) electrons. The Bertz CT molecular complexity index is 451. The van der Waals surface area contributed by atoms with Gasteiger partial charge in [0.2, 0.25) is 0 Å². The minimum absolute atomic E-state index is 0.438. The zero-order chi connectivity index (χ0) is 14.7. The number of ether oxygens (including phenoxy) is 1. The first kappa shape index (κ1) is 14.9. The second-order valence-corrected chi connectivity index (χ2v) is 7.01. The summed E-state index contributed by atoms with van der Waals surface area (Å²) in [6.07, 6.45) is 8.48. The smallest absolute Gasteiger partial charge is 0.124 e. The van der Waals surface area contributed by atoms with Gasteiger partial charge in [0.1, 0.15) is 5.75 Å². The van der Waals surface area contributed by atoms with E-state index >= 15 is 0 Å². The van der Waals surface area contributed by atoms with E-state index in [0.717, 1.165) is 18.3 Å². The molecule has 2 unspecified atom stereocenters. The summed E-state index contributed by atoms with van der Waals surface area (Å²) < 4.78 is 5.87. The van der Waals surface area contributed by atoms with Crippen LogP contribution in [-0.4, -0.2) is 12.6 Å². The van der Waals surface area contributed by atoms with Crippen molar-refractivity contribution < 1.29 is 4.74 Å². The van der Waals surface area contributed by atoms with Gasteiger partial charge in [-0.05, 0) is 31.7 Å². The maximum atomic E-state index is 5.87. The molecule has 2 aliphatic rings. The maximum absolute atomic E-state index is 5.87. The van der Waals surface area contributed by atoms with Gasteiger partial charge >= 0.3 is 0 Å². The summed E-state index contributed by atoms with van der Waals surface area (Å²) in [5.41, 5.74) is 1.34. The quantitative estimate of drug-likeness (QED) is 0.813. The Morgan fingerprint density at radius 2 is 1.81 bits per heavy atom. The molecule has 116 valence electrons. The van der Waals surface area contributed by atoms with Crippen LogP contribution in [0.4, 0.5) is 0 Å². The zero-order valence-electron chi connectivity index (χ0n) is 13.5. The van der Waals surface area contributed by atoms with Crippen LogP contribution in [0.25, 0.3) is 0 Å². The lowest BCUT2D eigenvalue weighted by Crippen LogP contribution is -2.41. The molecule has 2 nitrogen and oxygen atoms in total. The molecule has 0 saturated heterocycles. The van der Waals surface area contributed by atoms with Crippen LogP contribution in [-0.2, 0) is 0 Å². The van der Waals surface area contributed by atoms with Gasteiger partial charge in [-0.25, -0.2) is 0 Å². The number of hydrogen-bond donors (Lipinski definition) is 1. The summed E-state index contributed by atoms with van der Waals surface area (Å²) in [5, 5.41) is 3.94. The molecular formula is C19H29NO. The Kier molecular flexibility index (Phi) is 4.84. The molecule has 1 saturated carbocycles. The fourth-order valence-corrected chi connectivity index (χ4v) is 3.98. The number of fused-ring (bicyclic) bond motifs is 1.